The smallest absolute Gasteiger partial charge is 0.307 e. The number of hydrogen-bond donors (Lipinski definition) is 1. The van der Waals surface area contributed by atoms with E-state index in [4.69, 9.17) is 5.11 Å². The van der Waals surface area contributed by atoms with E-state index in [9.17, 15) is 9.59 Å². The summed E-state index contributed by atoms with van der Waals surface area (Å²) in [5.74, 6) is 1.32. The van der Waals surface area contributed by atoms with Gasteiger partial charge in [0, 0.05) is 12.0 Å². The van der Waals surface area contributed by atoms with Crippen molar-refractivity contribution in [1.82, 2.24) is 0 Å². The third-order valence-electron chi connectivity index (χ3n) is 6.52. The van der Waals surface area contributed by atoms with Crippen LogP contribution >= 0.6 is 0 Å². The van der Waals surface area contributed by atoms with Crippen molar-refractivity contribution in [2.45, 2.75) is 66.7 Å². The minimum atomic E-state index is -0.891. The van der Waals surface area contributed by atoms with Gasteiger partial charge in [-0.3, -0.25) is 9.59 Å². The van der Waals surface area contributed by atoms with Gasteiger partial charge in [0.25, 0.3) is 0 Å². The van der Waals surface area contributed by atoms with Crippen molar-refractivity contribution in [3.05, 3.63) is 23.3 Å². The van der Waals surface area contributed by atoms with Crippen LogP contribution in [0.25, 0.3) is 0 Å². The van der Waals surface area contributed by atoms with Gasteiger partial charge in [0.2, 0.25) is 0 Å². The first-order valence-corrected chi connectivity index (χ1v) is 9.32. The molecule has 2 aliphatic rings. The topological polar surface area (TPSA) is 54.4 Å². The number of carboxylic acid groups (broad SMARTS) is 1. The van der Waals surface area contributed by atoms with Crippen LogP contribution in [0.2, 0.25) is 0 Å². The van der Waals surface area contributed by atoms with Gasteiger partial charge >= 0.3 is 5.97 Å². The Balaban J connectivity index is 2.25. The van der Waals surface area contributed by atoms with Crippen molar-refractivity contribution in [3.63, 3.8) is 0 Å². The minimum absolute atomic E-state index is 0.0104. The van der Waals surface area contributed by atoms with Gasteiger partial charge in [-0.2, -0.15) is 0 Å². The highest BCUT2D eigenvalue weighted by Crippen LogP contribution is 2.57. The molecule has 0 amide bonds. The second-order valence-corrected chi connectivity index (χ2v) is 8.36. The Morgan fingerprint density at radius 3 is 2.50 bits per heavy atom. The molecule has 4 atom stereocenters. The van der Waals surface area contributed by atoms with Crippen molar-refractivity contribution in [3.8, 4) is 0 Å². The number of carboxylic acids is 1. The van der Waals surface area contributed by atoms with Gasteiger partial charge in [0.1, 0.15) is 0 Å². The van der Waals surface area contributed by atoms with Crippen LogP contribution in [0.4, 0.5) is 0 Å². The first-order valence-electron chi connectivity index (χ1n) is 9.32. The molecule has 3 nitrogen and oxygen atoms in total. The largest absolute Gasteiger partial charge is 0.481 e. The number of allylic oxidation sites excluding steroid dienone is 3. The van der Waals surface area contributed by atoms with Gasteiger partial charge < -0.3 is 5.11 Å². The molecule has 0 heterocycles. The Labute approximate surface area is 146 Å². The van der Waals surface area contributed by atoms with Crippen LogP contribution in [0.5, 0.6) is 0 Å². The molecule has 3 heteroatoms. The van der Waals surface area contributed by atoms with Gasteiger partial charge in [0.15, 0.2) is 5.78 Å². The zero-order chi connectivity index (χ0) is 18.1. The lowest BCUT2D eigenvalue weighted by Gasteiger charge is -2.39. The van der Waals surface area contributed by atoms with E-state index in [1.54, 1.807) is 0 Å². The lowest BCUT2D eigenvalue weighted by atomic mass is 9.64. The summed E-state index contributed by atoms with van der Waals surface area (Å²) in [6.07, 6.45) is 7.87. The Bertz CT molecular complexity index is 570. The standard InChI is InChI=1S/C21H32O3/c1-13(2)14(3)6-7-15(4)17-8-9-18-16(12-20(23)24)19(22)10-11-21(17,18)5/h6-7,13-15,17H,8-12H2,1-5H3,(H,23,24). The molecule has 0 saturated heterocycles. The third-order valence-corrected chi connectivity index (χ3v) is 6.52. The highest BCUT2D eigenvalue weighted by atomic mass is 16.4. The van der Waals surface area contributed by atoms with Crippen molar-refractivity contribution in [2.75, 3.05) is 0 Å². The van der Waals surface area contributed by atoms with E-state index in [0.717, 1.165) is 24.8 Å². The van der Waals surface area contributed by atoms with E-state index in [-0.39, 0.29) is 17.6 Å². The summed E-state index contributed by atoms with van der Waals surface area (Å²) in [7, 11) is 0. The summed E-state index contributed by atoms with van der Waals surface area (Å²) in [4.78, 5) is 23.4. The Morgan fingerprint density at radius 2 is 1.92 bits per heavy atom. The molecule has 0 aromatic heterocycles. The van der Waals surface area contributed by atoms with E-state index in [1.807, 2.05) is 0 Å². The maximum Gasteiger partial charge on any atom is 0.307 e. The predicted molar refractivity (Wildman–Crippen MR) is 96.7 cm³/mol. The molecule has 0 radical (unpaired) electrons. The number of aliphatic carboxylic acids is 1. The highest BCUT2D eigenvalue weighted by molar-refractivity contribution is 6.00. The number of hydrogen-bond acceptors (Lipinski definition) is 2. The molecule has 1 fully saturated rings. The van der Waals surface area contributed by atoms with E-state index in [0.29, 0.717) is 35.7 Å². The second kappa shape index (κ2) is 7.25. The maximum absolute atomic E-state index is 12.2. The maximum atomic E-state index is 12.2. The van der Waals surface area contributed by atoms with Gasteiger partial charge in [-0.25, -0.2) is 0 Å². The van der Waals surface area contributed by atoms with Gasteiger partial charge in [0.05, 0.1) is 6.42 Å². The molecule has 2 aliphatic carbocycles. The first-order chi connectivity index (χ1) is 11.2. The molecular weight excluding hydrogens is 300 g/mol. The Kier molecular flexibility index (Phi) is 5.72. The summed E-state index contributed by atoms with van der Waals surface area (Å²) in [6.45, 7) is 11.3. The van der Waals surface area contributed by atoms with Gasteiger partial charge in [-0.1, -0.05) is 52.3 Å². The van der Waals surface area contributed by atoms with E-state index in [1.165, 1.54) is 0 Å². The lowest BCUT2D eigenvalue weighted by Crippen LogP contribution is -2.33. The molecule has 0 spiro atoms. The van der Waals surface area contributed by atoms with Gasteiger partial charge in [-0.05, 0) is 48.3 Å². The molecular formula is C21H32O3. The highest BCUT2D eigenvalue weighted by Gasteiger charge is 2.48. The van der Waals surface area contributed by atoms with Crippen molar-refractivity contribution in [1.29, 1.82) is 0 Å². The number of ketones is 1. The average Bonchev–Trinajstić information content (AvgIpc) is 2.85. The normalized spacial score (nSPS) is 30.1. The zero-order valence-corrected chi connectivity index (χ0v) is 15.8. The van der Waals surface area contributed by atoms with Crippen molar-refractivity contribution >= 4 is 11.8 Å². The third kappa shape index (κ3) is 3.65. The molecule has 134 valence electrons. The van der Waals surface area contributed by atoms with Crippen LogP contribution in [0.15, 0.2) is 23.3 Å². The minimum Gasteiger partial charge on any atom is -0.481 e. The number of Topliss-reactive ketones (excluding diaryl/α,β-unsaturated/α-hetero) is 1. The van der Waals surface area contributed by atoms with Crippen LogP contribution in [0.3, 0.4) is 0 Å². The molecule has 1 N–H and O–H groups in total. The number of carbonyl (C=O) groups is 2. The molecule has 1 saturated carbocycles. The first kappa shape index (κ1) is 19.0. The Morgan fingerprint density at radius 1 is 1.25 bits per heavy atom. The van der Waals surface area contributed by atoms with Crippen LogP contribution < -0.4 is 0 Å². The van der Waals surface area contributed by atoms with E-state index >= 15 is 0 Å². The predicted octanol–water partition coefficient (Wildman–Crippen LogP) is 5.02. The Hall–Kier alpha value is -1.38. The lowest BCUT2D eigenvalue weighted by molar-refractivity contribution is -0.137. The van der Waals surface area contributed by atoms with Crippen LogP contribution in [0, 0.1) is 29.1 Å². The average molecular weight is 332 g/mol. The number of fused-ring (bicyclic) bond motifs is 1. The summed E-state index contributed by atoms with van der Waals surface area (Å²) in [5.41, 5.74) is 1.73. The molecule has 0 aliphatic heterocycles. The molecule has 2 rings (SSSR count). The van der Waals surface area contributed by atoms with Crippen LogP contribution in [-0.2, 0) is 9.59 Å². The number of carbonyl (C=O) groups excluding carboxylic acids is 1. The monoisotopic (exact) mass is 332 g/mol. The summed E-state index contributed by atoms with van der Waals surface area (Å²) < 4.78 is 0. The van der Waals surface area contributed by atoms with Crippen molar-refractivity contribution < 1.29 is 14.7 Å². The van der Waals surface area contributed by atoms with Gasteiger partial charge in [-0.15, -0.1) is 0 Å². The van der Waals surface area contributed by atoms with E-state index < -0.39 is 5.97 Å². The fourth-order valence-electron chi connectivity index (χ4n) is 4.56. The van der Waals surface area contributed by atoms with Crippen LogP contribution in [0.1, 0.15) is 66.7 Å². The molecule has 4 unspecified atom stereocenters. The molecule has 24 heavy (non-hydrogen) atoms. The van der Waals surface area contributed by atoms with E-state index in [2.05, 4.69) is 46.8 Å². The fourth-order valence-corrected chi connectivity index (χ4v) is 4.56. The molecule has 0 aromatic rings. The zero-order valence-electron chi connectivity index (χ0n) is 15.8. The van der Waals surface area contributed by atoms with Crippen molar-refractivity contribution in [2.24, 2.45) is 29.1 Å². The molecule has 0 bridgehead atoms. The fraction of sp³-hybridized carbons (Fsp3) is 0.714. The molecule has 0 aromatic carbocycles. The summed E-state index contributed by atoms with van der Waals surface area (Å²) >= 11 is 0. The SMILES string of the molecule is CC(C)C(C)C=CC(C)C1CCC2=C(CC(=O)O)C(=O)CCC21C. The summed E-state index contributed by atoms with van der Waals surface area (Å²) in [6, 6.07) is 0. The van der Waals surface area contributed by atoms with Crippen LogP contribution in [-0.4, -0.2) is 16.9 Å². The summed E-state index contributed by atoms with van der Waals surface area (Å²) in [5, 5.41) is 9.16. The number of rotatable bonds is 6. The second-order valence-electron chi connectivity index (χ2n) is 8.36. The quantitative estimate of drug-likeness (QED) is 0.695.